The van der Waals surface area contributed by atoms with Gasteiger partial charge in [-0.25, -0.2) is 0 Å². The molecule has 0 aliphatic rings. The highest BCUT2D eigenvalue weighted by molar-refractivity contribution is 6.31. The molecule has 0 aliphatic carbocycles. The summed E-state index contributed by atoms with van der Waals surface area (Å²) in [6.07, 6.45) is -4.79. The number of carbonyl (C=O) groups excluding carboxylic acids is 1. The number of alkyl halides is 3. The fourth-order valence-electron chi connectivity index (χ4n) is 2.06. The van der Waals surface area contributed by atoms with E-state index in [1.165, 1.54) is 31.2 Å². The molecule has 0 atom stereocenters. The highest BCUT2D eigenvalue weighted by Crippen LogP contribution is 2.39. The second-order valence-electron chi connectivity index (χ2n) is 5.05. The Kier molecular flexibility index (Phi) is 5.53. The third-order valence-corrected chi connectivity index (χ3v) is 3.43. The van der Waals surface area contributed by atoms with E-state index in [0.717, 1.165) is 6.07 Å². The molecule has 2 aromatic carbocycles. The van der Waals surface area contributed by atoms with Crippen molar-refractivity contribution in [2.45, 2.75) is 13.1 Å². The molecule has 0 saturated heterocycles. The highest BCUT2D eigenvalue weighted by atomic mass is 35.5. The molecule has 6 nitrogen and oxygen atoms in total. The third-order valence-electron chi connectivity index (χ3n) is 3.12. The van der Waals surface area contributed by atoms with Crippen molar-refractivity contribution >= 4 is 40.3 Å². The molecule has 134 valence electrons. The Labute approximate surface area is 145 Å². The van der Waals surface area contributed by atoms with E-state index in [-0.39, 0.29) is 11.6 Å². The summed E-state index contributed by atoms with van der Waals surface area (Å²) in [5, 5.41) is 25.1. The first kappa shape index (κ1) is 19.0. The van der Waals surface area contributed by atoms with Crippen molar-refractivity contribution in [3.05, 3.63) is 57.4 Å². The van der Waals surface area contributed by atoms with Gasteiger partial charge in [0.2, 0.25) is 5.91 Å². The van der Waals surface area contributed by atoms with Crippen molar-refractivity contribution in [2.75, 3.05) is 10.6 Å². The highest BCUT2D eigenvalue weighted by Gasteiger charge is 2.34. The molecule has 2 rings (SSSR count). The van der Waals surface area contributed by atoms with Crippen molar-refractivity contribution < 1.29 is 23.2 Å². The standard InChI is InChI=1S/C15H12ClF3N3O3/c1-8(23)20-9-2-4-10(5-3-9)21-13-7-12(16)11(15(17,18)19)6-14(13)22(24)25/h2-7,21-22H,1H3,(H,20,23)/q-1. The van der Waals surface area contributed by atoms with Crippen LogP contribution in [0.2, 0.25) is 5.02 Å². The molecule has 2 aromatic rings. The molecule has 0 aliphatic heterocycles. The SMILES string of the molecule is CC(=O)Nc1ccc(Nc2cc(Cl)c(C(F)(F)F)cc2[NH+]([O-])[O-])cc1. The van der Waals surface area contributed by atoms with Crippen LogP contribution in [-0.4, -0.2) is 5.91 Å². The zero-order valence-electron chi connectivity index (χ0n) is 12.7. The smallest absolute Gasteiger partial charge is 0.418 e. The van der Waals surface area contributed by atoms with Gasteiger partial charge in [-0.15, -0.1) is 0 Å². The molecule has 0 bridgehead atoms. The maximum Gasteiger partial charge on any atom is 0.418 e. The van der Waals surface area contributed by atoms with Gasteiger partial charge in [-0.1, -0.05) is 11.6 Å². The minimum atomic E-state index is -4.79. The number of benzene rings is 2. The number of halogens is 4. The van der Waals surface area contributed by atoms with Crippen LogP contribution in [0.15, 0.2) is 36.4 Å². The predicted molar refractivity (Wildman–Crippen MR) is 87.8 cm³/mol. The summed E-state index contributed by atoms with van der Waals surface area (Å²) < 4.78 is 38.5. The molecule has 0 fully saturated rings. The lowest BCUT2D eigenvalue weighted by Gasteiger charge is -2.28. The van der Waals surface area contributed by atoms with Gasteiger partial charge in [-0.05, 0) is 30.3 Å². The summed E-state index contributed by atoms with van der Waals surface area (Å²) in [6.45, 7) is 1.34. The van der Waals surface area contributed by atoms with Crippen LogP contribution >= 0.6 is 11.6 Å². The fraction of sp³-hybridized carbons (Fsp3) is 0.133. The van der Waals surface area contributed by atoms with Gasteiger partial charge in [0, 0.05) is 24.4 Å². The quantitative estimate of drug-likeness (QED) is 0.713. The van der Waals surface area contributed by atoms with Crippen LogP contribution < -0.4 is 15.9 Å². The number of anilines is 3. The van der Waals surface area contributed by atoms with E-state index in [1.807, 2.05) is 0 Å². The topological polar surface area (TPSA) is 91.7 Å². The zero-order valence-corrected chi connectivity index (χ0v) is 13.5. The van der Waals surface area contributed by atoms with Gasteiger partial charge in [0.25, 0.3) is 0 Å². The molecular formula is C15H12ClF3N3O3-. The van der Waals surface area contributed by atoms with Crippen molar-refractivity contribution in [1.29, 1.82) is 0 Å². The monoisotopic (exact) mass is 374 g/mol. The molecule has 3 N–H and O–H groups in total. The van der Waals surface area contributed by atoms with Crippen LogP contribution in [0.1, 0.15) is 12.5 Å². The van der Waals surface area contributed by atoms with Crippen molar-refractivity contribution in [3.8, 4) is 0 Å². The van der Waals surface area contributed by atoms with Gasteiger partial charge >= 0.3 is 6.18 Å². The number of hydrogen-bond acceptors (Lipinski definition) is 4. The van der Waals surface area contributed by atoms with Crippen LogP contribution in [-0.2, 0) is 11.0 Å². The summed E-state index contributed by atoms with van der Waals surface area (Å²) in [6, 6.07) is 7.39. The van der Waals surface area contributed by atoms with Gasteiger partial charge in [0.1, 0.15) is 5.69 Å². The average molecular weight is 375 g/mol. The van der Waals surface area contributed by atoms with E-state index < -0.39 is 27.7 Å². The second-order valence-corrected chi connectivity index (χ2v) is 5.45. The van der Waals surface area contributed by atoms with Crippen LogP contribution in [0.25, 0.3) is 0 Å². The van der Waals surface area contributed by atoms with Crippen LogP contribution in [0.3, 0.4) is 0 Å². The van der Waals surface area contributed by atoms with Gasteiger partial charge in [0.05, 0.1) is 10.6 Å². The van der Waals surface area contributed by atoms with E-state index >= 15 is 0 Å². The lowest BCUT2D eigenvalue weighted by atomic mass is 10.1. The van der Waals surface area contributed by atoms with Gasteiger partial charge in [-0.3, -0.25) is 4.79 Å². The Hall–Kier alpha value is -2.33. The predicted octanol–water partition coefficient (Wildman–Crippen LogP) is 3.57. The fourth-order valence-corrected chi connectivity index (χ4v) is 2.33. The van der Waals surface area contributed by atoms with Gasteiger partial charge in [-0.2, -0.15) is 13.2 Å². The molecule has 0 radical (unpaired) electrons. The molecule has 0 aromatic heterocycles. The van der Waals surface area contributed by atoms with E-state index in [1.54, 1.807) is 0 Å². The van der Waals surface area contributed by atoms with Crippen LogP contribution in [0, 0.1) is 10.4 Å². The lowest BCUT2D eigenvalue weighted by Crippen LogP contribution is -2.96. The van der Waals surface area contributed by atoms with Gasteiger partial charge in [0.15, 0.2) is 5.69 Å². The molecule has 0 heterocycles. The number of nitrogens with one attached hydrogen (secondary N) is 3. The van der Waals surface area contributed by atoms with E-state index in [2.05, 4.69) is 10.6 Å². The number of hydrogen-bond donors (Lipinski definition) is 3. The maximum atomic E-state index is 12.8. The second kappa shape index (κ2) is 7.28. The normalized spacial score (nSPS) is 11.5. The van der Waals surface area contributed by atoms with Gasteiger partial charge < -0.3 is 26.3 Å². The van der Waals surface area contributed by atoms with Crippen molar-refractivity contribution in [1.82, 2.24) is 0 Å². The number of amides is 1. The van der Waals surface area contributed by atoms with Crippen molar-refractivity contribution in [3.63, 3.8) is 0 Å². The molecule has 1 amide bonds. The number of quaternary nitrogens is 1. The summed E-state index contributed by atoms with van der Waals surface area (Å²) in [5.41, 5.74) is -1.20. The summed E-state index contributed by atoms with van der Waals surface area (Å²) in [7, 11) is 0. The molecule has 10 heteroatoms. The first-order valence-electron chi connectivity index (χ1n) is 6.84. The zero-order chi connectivity index (χ0) is 18.8. The molecule has 25 heavy (non-hydrogen) atoms. The minimum absolute atomic E-state index is 0.148. The first-order chi connectivity index (χ1) is 11.6. The first-order valence-corrected chi connectivity index (χ1v) is 7.22. The molecular weight excluding hydrogens is 363 g/mol. The largest absolute Gasteiger partial charge is 0.628 e. The Morgan fingerprint density at radius 1 is 1.12 bits per heavy atom. The molecule has 0 saturated carbocycles. The Morgan fingerprint density at radius 2 is 1.68 bits per heavy atom. The Balaban J connectivity index is 2.35. The molecule has 0 unspecified atom stereocenters. The van der Waals surface area contributed by atoms with Crippen LogP contribution in [0.5, 0.6) is 0 Å². The summed E-state index contributed by atoms with van der Waals surface area (Å²) in [5.74, 6) is -0.269. The Bertz CT molecular complexity index is 780. The van der Waals surface area contributed by atoms with E-state index in [0.29, 0.717) is 17.4 Å². The maximum absolute atomic E-state index is 12.8. The van der Waals surface area contributed by atoms with Crippen molar-refractivity contribution in [2.24, 2.45) is 0 Å². The third kappa shape index (κ3) is 4.83. The van der Waals surface area contributed by atoms with E-state index in [4.69, 9.17) is 11.6 Å². The Morgan fingerprint density at radius 3 is 2.16 bits per heavy atom. The minimum Gasteiger partial charge on any atom is -0.628 e. The average Bonchev–Trinajstić information content (AvgIpc) is 2.47. The van der Waals surface area contributed by atoms with E-state index in [9.17, 15) is 28.4 Å². The number of carbonyl (C=O) groups is 1. The number of rotatable bonds is 4. The van der Waals surface area contributed by atoms with Crippen LogP contribution in [0.4, 0.5) is 35.9 Å². The molecule has 0 spiro atoms. The summed E-state index contributed by atoms with van der Waals surface area (Å²) >= 11 is 5.62. The summed E-state index contributed by atoms with van der Waals surface area (Å²) in [4.78, 5) is 11.0. The lowest BCUT2D eigenvalue weighted by molar-refractivity contribution is -0.714.